The number of ketones is 1. The fraction of sp³-hybridized carbons (Fsp3) is 0.300. The van der Waals surface area contributed by atoms with E-state index in [9.17, 15) is 9.90 Å². The molecule has 0 saturated carbocycles. The zero-order valence-corrected chi connectivity index (χ0v) is 7.23. The van der Waals surface area contributed by atoms with Gasteiger partial charge >= 0.3 is 0 Å². The minimum atomic E-state index is -0.764. The van der Waals surface area contributed by atoms with Crippen molar-refractivity contribution in [3.8, 4) is 5.75 Å². The Bertz CT molecular complexity index is 344. The van der Waals surface area contributed by atoms with E-state index in [1.807, 2.05) is 0 Å². The van der Waals surface area contributed by atoms with Crippen LogP contribution in [0.4, 0.5) is 0 Å². The number of hydrogen-bond acceptors (Lipinski definition) is 3. The summed E-state index contributed by atoms with van der Waals surface area (Å²) in [4.78, 5) is 11.6. The van der Waals surface area contributed by atoms with Crippen LogP contribution in [0.5, 0.6) is 5.75 Å². The van der Waals surface area contributed by atoms with E-state index in [1.54, 1.807) is 31.2 Å². The fourth-order valence-electron chi connectivity index (χ4n) is 1.43. The molecular weight excluding hydrogens is 168 g/mol. The quantitative estimate of drug-likeness (QED) is 0.698. The molecular formula is C10H10O3. The molecule has 0 bridgehead atoms. The fourth-order valence-corrected chi connectivity index (χ4v) is 1.43. The van der Waals surface area contributed by atoms with Crippen LogP contribution in [0.15, 0.2) is 24.3 Å². The summed E-state index contributed by atoms with van der Waals surface area (Å²) >= 11 is 0. The third-order valence-electron chi connectivity index (χ3n) is 2.10. The smallest absolute Gasteiger partial charge is 0.209 e. The first-order chi connectivity index (χ1) is 6.20. The third-order valence-corrected chi connectivity index (χ3v) is 2.10. The Kier molecular flexibility index (Phi) is 1.81. The Labute approximate surface area is 76.0 Å². The van der Waals surface area contributed by atoms with Crippen molar-refractivity contribution in [1.82, 2.24) is 0 Å². The lowest BCUT2D eigenvalue weighted by molar-refractivity contribution is 0.0488. The van der Waals surface area contributed by atoms with E-state index in [4.69, 9.17) is 4.74 Å². The van der Waals surface area contributed by atoms with Crippen LogP contribution in [-0.4, -0.2) is 23.1 Å². The molecule has 0 fully saturated rings. The van der Waals surface area contributed by atoms with Crippen LogP contribution >= 0.6 is 0 Å². The summed E-state index contributed by atoms with van der Waals surface area (Å²) in [5.41, 5.74) is 0.563. The van der Waals surface area contributed by atoms with Crippen molar-refractivity contribution in [2.45, 2.75) is 19.1 Å². The maximum absolute atomic E-state index is 11.6. The Balaban J connectivity index is 2.38. The van der Waals surface area contributed by atoms with Crippen LogP contribution in [0.25, 0.3) is 0 Å². The highest BCUT2D eigenvalue weighted by molar-refractivity contribution is 6.04. The predicted octanol–water partition coefficient (Wildman–Crippen LogP) is 1.01. The molecule has 1 heterocycles. The standard InChI is InChI=1S/C10H10O3/c1-6(11)10-9(12)7-4-2-3-5-8(7)13-10/h2-6,10-11H,1H3. The topological polar surface area (TPSA) is 46.5 Å². The van der Waals surface area contributed by atoms with Crippen molar-refractivity contribution >= 4 is 5.78 Å². The predicted molar refractivity (Wildman–Crippen MR) is 46.9 cm³/mol. The first kappa shape index (κ1) is 8.26. The lowest BCUT2D eigenvalue weighted by atomic mass is 10.1. The van der Waals surface area contributed by atoms with Gasteiger partial charge in [-0.25, -0.2) is 0 Å². The van der Waals surface area contributed by atoms with Gasteiger partial charge in [0.25, 0.3) is 0 Å². The van der Waals surface area contributed by atoms with Crippen LogP contribution in [0.2, 0.25) is 0 Å². The van der Waals surface area contributed by atoms with Gasteiger partial charge in [0, 0.05) is 0 Å². The number of rotatable bonds is 1. The van der Waals surface area contributed by atoms with Crippen molar-refractivity contribution in [3.63, 3.8) is 0 Å². The number of benzene rings is 1. The lowest BCUT2D eigenvalue weighted by Crippen LogP contribution is -2.32. The summed E-state index contributed by atoms with van der Waals surface area (Å²) < 4.78 is 5.28. The highest BCUT2D eigenvalue weighted by Gasteiger charge is 2.35. The van der Waals surface area contributed by atoms with E-state index in [-0.39, 0.29) is 5.78 Å². The van der Waals surface area contributed by atoms with Crippen molar-refractivity contribution in [2.24, 2.45) is 0 Å². The van der Waals surface area contributed by atoms with Crippen LogP contribution < -0.4 is 4.74 Å². The van der Waals surface area contributed by atoms with Gasteiger partial charge in [-0.1, -0.05) is 12.1 Å². The Hall–Kier alpha value is -1.35. The third kappa shape index (κ3) is 1.21. The number of fused-ring (bicyclic) bond motifs is 1. The van der Waals surface area contributed by atoms with Gasteiger partial charge in [0.2, 0.25) is 5.78 Å². The highest BCUT2D eigenvalue weighted by atomic mass is 16.5. The summed E-state index contributed by atoms with van der Waals surface area (Å²) in [6.07, 6.45) is -1.49. The second kappa shape index (κ2) is 2.85. The van der Waals surface area contributed by atoms with Crippen LogP contribution in [0, 0.1) is 0 Å². The van der Waals surface area contributed by atoms with Crippen molar-refractivity contribution in [1.29, 1.82) is 0 Å². The molecule has 2 atom stereocenters. The molecule has 2 unspecified atom stereocenters. The van der Waals surface area contributed by atoms with Crippen LogP contribution in [-0.2, 0) is 0 Å². The summed E-state index contributed by atoms with van der Waals surface area (Å²) in [7, 11) is 0. The molecule has 0 spiro atoms. The summed E-state index contributed by atoms with van der Waals surface area (Å²) in [6.45, 7) is 1.55. The highest BCUT2D eigenvalue weighted by Crippen LogP contribution is 2.29. The van der Waals surface area contributed by atoms with E-state index in [1.165, 1.54) is 0 Å². The zero-order chi connectivity index (χ0) is 9.42. The normalized spacial score (nSPS) is 22.3. The number of aliphatic hydroxyl groups excluding tert-OH is 1. The molecule has 68 valence electrons. The van der Waals surface area contributed by atoms with E-state index in [2.05, 4.69) is 0 Å². The number of Topliss-reactive ketones (excluding diaryl/α,β-unsaturated/α-hetero) is 1. The Morgan fingerprint density at radius 2 is 2.15 bits per heavy atom. The molecule has 1 aromatic carbocycles. The molecule has 0 radical (unpaired) electrons. The molecule has 0 amide bonds. The Morgan fingerprint density at radius 1 is 1.46 bits per heavy atom. The van der Waals surface area contributed by atoms with E-state index in [0.29, 0.717) is 11.3 Å². The molecule has 1 aromatic rings. The first-order valence-corrected chi connectivity index (χ1v) is 4.18. The average molecular weight is 178 g/mol. The minimum Gasteiger partial charge on any atom is -0.479 e. The molecule has 0 saturated heterocycles. The first-order valence-electron chi connectivity index (χ1n) is 4.18. The number of aliphatic hydroxyl groups is 1. The van der Waals surface area contributed by atoms with Crippen molar-refractivity contribution in [3.05, 3.63) is 29.8 Å². The van der Waals surface area contributed by atoms with Crippen LogP contribution in [0.1, 0.15) is 17.3 Å². The Morgan fingerprint density at radius 3 is 2.77 bits per heavy atom. The maximum Gasteiger partial charge on any atom is 0.209 e. The van der Waals surface area contributed by atoms with E-state index >= 15 is 0 Å². The van der Waals surface area contributed by atoms with Gasteiger partial charge in [-0.05, 0) is 19.1 Å². The minimum absolute atomic E-state index is 0.134. The molecule has 3 nitrogen and oxygen atoms in total. The molecule has 0 aliphatic carbocycles. The number of ether oxygens (including phenoxy) is 1. The molecule has 13 heavy (non-hydrogen) atoms. The SMILES string of the molecule is CC(O)C1Oc2ccccc2C1=O. The van der Waals surface area contributed by atoms with Crippen molar-refractivity contribution < 1.29 is 14.6 Å². The summed E-state index contributed by atoms with van der Waals surface area (Å²) in [6, 6.07) is 7.02. The molecule has 1 aliphatic rings. The van der Waals surface area contributed by atoms with Gasteiger partial charge in [0.15, 0.2) is 6.10 Å². The monoisotopic (exact) mass is 178 g/mol. The zero-order valence-electron chi connectivity index (χ0n) is 7.23. The second-order valence-corrected chi connectivity index (χ2v) is 3.14. The van der Waals surface area contributed by atoms with E-state index < -0.39 is 12.2 Å². The lowest BCUT2D eigenvalue weighted by Gasteiger charge is -2.11. The van der Waals surface area contributed by atoms with Gasteiger partial charge in [0.1, 0.15) is 5.75 Å². The second-order valence-electron chi connectivity index (χ2n) is 3.14. The molecule has 2 rings (SSSR count). The number of hydrogen-bond donors (Lipinski definition) is 1. The number of para-hydroxylation sites is 1. The molecule has 1 aliphatic heterocycles. The molecule has 3 heteroatoms. The van der Waals surface area contributed by atoms with Gasteiger partial charge in [0.05, 0.1) is 11.7 Å². The van der Waals surface area contributed by atoms with E-state index in [0.717, 1.165) is 0 Å². The van der Waals surface area contributed by atoms with Crippen LogP contribution in [0.3, 0.4) is 0 Å². The van der Waals surface area contributed by atoms with Gasteiger partial charge < -0.3 is 9.84 Å². The number of carbonyl (C=O) groups excluding carboxylic acids is 1. The summed E-state index contributed by atoms with van der Waals surface area (Å²) in [5, 5.41) is 9.25. The summed E-state index contributed by atoms with van der Waals surface area (Å²) in [5.74, 6) is 0.434. The molecule has 0 aromatic heterocycles. The largest absolute Gasteiger partial charge is 0.479 e. The van der Waals surface area contributed by atoms with Gasteiger partial charge in [-0.15, -0.1) is 0 Å². The number of carbonyl (C=O) groups is 1. The molecule has 1 N–H and O–H groups in total. The van der Waals surface area contributed by atoms with Gasteiger partial charge in [-0.3, -0.25) is 4.79 Å². The van der Waals surface area contributed by atoms with Crippen molar-refractivity contribution in [2.75, 3.05) is 0 Å². The average Bonchev–Trinajstić information content (AvgIpc) is 2.45. The maximum atomic E-state index is 11.6. The van der Waals surface area contributed by atoms with Gasteiger partial charge in [-0.2, -0.15) is 0 Å².